The summed E-state index contributed by atoms with van der Waals surface area (Å²) in [5.74, 6) is -1.29. The third-order valence-electron chi connectivity index (χ3n) is 3.70. The van der Waals surface area contributed by atoms with Crippen molar-refractivity contribution in [2.45, 2.75) is 37.8 Å². The maximum atomic E-state index is 13.2. The molecule has 0 radical (unpaired) electrons. The normalized spacial score (nSPS) is 23.1. The highest BCUT2D eigenvalue weighted by Gasteiger charge is 2.30. The molecule has 2 rings (SSSR count). The molecule has 1 aromatic rings. The summed E-state index contributed by atoms with van der Waals surface area (Å²) in [5, 5.41) is 19.6. The van der Waals surface area contributed by atoms with Gasteiger partial charge in [0.25, 0.3) is 5.91 Å². The van der Waals surface area contributed by atoms with Gasteiger partial charge in [0.2, 0.25) is 0 Å². The number of aromatic hydroxyl groups is 1. The smallest absolute Gasteiger partial charge is 0.257 e. The summed E-state index contributed by atoms with van der Waals surface area (Å²) in [5.41, 5.74) is -0.0692. The molecule has 1 fully saturated rings. The van der Waals surface area contributed by atoms with E-state index in [1.807, 2.05) is 0 Å². The maximum Gasteiger partial charge on any atom is 0.257 e. The predicted molar refractivity (Wildman–Crippen MR) is 68.4 cm³/mol. The molecular weight excluding hydrogens is 249 g/mol. The summed E-state index contributed by atoms with van der Waals surface area (Å²) >= 11 is 0. The molecule has 5 heteroatoms. The van der Waals surface area contributed by atoms with E-state index in [-0.39, 0.29) is 17.4 Å². The molecule has 4 nitrogen and oxygen atoms in total. The van der Waals surface area contributed by atoms with Crippen molar-refractivity contribution in [3.8, 4) is 5.75 Å². The second-order valence-electron chi connectivity index (χ2n) is 5.00. The highest BCUT2D eigenvalue weighted by atomic mass is 19.1. The fourth-order valence-corrected chi connectivity index (χ4v) is 2.56. The van der Waals surface area contributed by atoms with Crippen molar-refractivity contribution in [3.05, 3.63) is 29.6 Å². The van der Waals surface area contributed by atoms with E-state index < -0.39 is 17.8 Å². The summed E-state index contributed by atoms with van der Waals surface area (Å²) in [4.78, 5) is 13.7. The zero-order valence-corrected chi connectivity index (χ0v) is 10.8. The molecule has 1 aliphatic carbocycles. The average molecular weight is 267 g/mol. The summed E-state index contributed by atoms with van der Waals surface area (Å²) in [6.45, 7) is 0. The van der Waals surface area contributed by atoms with Gasteiger partial charge >= 0.3 is 0 Å². The first kappa shape index (κ1) is 13.8. The zero-order valence-electron chi connectivity index (χ0n) is 10.8. The van der Waals surface area contributed by atoms with Gasteiger partial charge in [-0.05, 0) is 31.0 Å². The molecule has 2 atom stereocenters. The molecule has 104 valence electrons. The number of rotatable bonds is 2. The van der Waals surface area contributed by atoms with Gasteiger partial charge in [0.05, 0.1) is 17.7 Å². The van der Waals surface area contributed by atoms with Gasteiger partial charge in [-0.3, -0.25) is 4.79 Å². The number of amides is 1. The number of hydrogen-bond donors (Lipinski definition) is 2. The number of aliphatic hydroxyl groups is 1. The van der Waals surface area contributed by atoms with E-state index in [4.69, 9.17) is 0 Å². The molecule has 0 aromatic heterocycles. The second kappa shape index (κ2) is 5.57. The van der Waals surface area contributed by atoms with Crippen LogP contribution in [-0.2, 0) is 0 Å². The van der Waals surface area contributed by atoms with Crippen LogP contribution >= 0.6 is 0 Å². The number of nitrogens with zero attached hydrogens (tertiary/aromatic N) is 1. The van der Waals surface area contributed by atoms with Crippen LogP contribution in [0.3, 0.4) is 0 Å². The highest BCUT2D eigenvalue weighted by molar-refractivity contribution is 5.96. The Balaban J connectivity index is 2.20. The minimum absolute atomic E-state index is 0.0692. The summed E-state index contributed by atoms with van der Waals surface area (Å²) < 4.78 is 13.2. The first-order valence-corrected chi connectivity index (χ1v) is 6.44. The fraction of sp³-hybridized carbons (Fsp3) is 0.500. The van der Waals surface area contributed by atoms with Crippen LogP contribution in [0, 0.1) is 5.82 Å². The van der Waals surface area contributed by atoms with Crippen LogP contribution in [0.15, 0.2) is 18.2 Å². The Morgan fingerprint density at radius 1 is 1.37 bits per heavy atom. The third-order valence-corrected chi connectivity index (χ3v) is 3.70. The lowest BCUT2D eigenvalue weighted by Crippen LogP contribution is -2.46. The first-order chi connectivity index (χ1) is 9.00. The maximum absolute atomic E-state index is 13.2. The lowest BCUT2D eigenvalue weighted by atomic mass is 9.91. The van der Waals surface area contributed by atoms with Crippen molar-refractivity contribution < 1.29 is 19.4 Å². The van der Waals surface area contributed by atoms with E-state index in [0.29, 0.717) is 6.42 Å². The highest BCUT2D eigenvalue weighted by Crippen LogP contribution is 2.26. The molecule has 1 amide bonds. The Labute approximate surface area is 111 Å². The van der Waals surface area contributed by atoms with Gasteiger partial charge in [0.15, 0.2) is 0 Å². The molecule has 0 heterocycles. The van der Waals surface area contributed by atoms with E-state index in [1.165, 1.54) is 4.90 Å². The van der Waals surface area contributed by atoms with Gasteiger partial charge in [-0.2, -0.15) is 0 Å². The summed E-state index contributed by atoms with van der Waals surface area (Å²) in [6, 6.07) is 3.00. The molecule has 1 saturated carbocycles. The van der Waals surface area contributed by atoms with Crippen molar-refractivity contribution in [3.63, 3.8) is 0 Å². The Bertz CT molecular complexity index is 478. The Kier molecular flexibility index (Phi) is 4.04. The molecule has 0 aliphatic heterocycles. The SMILES string of the molecule is CN(C(=O)c1cc(F)ccc1O)C1CCCCC1O. The van der Waals surface area contributed by atoms with E-state index >= 15 is 0 Å². The van der Waals surface area contributed by atoms with Crippen LogP contribution < -0.4 is 0 Å². The summed E-state index contributed by atoms with van der Waals surface area (Å²) in [7, 11) is 1.58. The van der Waals surface area contributed by atoms with Crippen molar-refractivity contribution >= 4 is 5.91 Å². The molecule has 0 saturated heterocycles. The van der Waals surface area contributed by atoms with Crippen molar-refractivity contribution in [2.75, 3.05) is 7.05 Å². The number of benzene rings is 1. The minimum Gasteiger partial charge on any atom is -0.507 e. The second-order valence-corrected chi connectivity index (χ2v) is 5.00. The quantitative estimate of drug-likeness (QED) is 0.860. The summed E-state index contributed by atoms with van der Waals surface area (Å²) in [6.07, 6.45) is 2.73. The number of carbonyl (C=O) groups excluding carboxylic acids is 1. The predicted octanol–water partition coefficient (Wildman–Crippen LogP) is 1.91. The van der Waals surface area contributed by atoms with Crippen LogP contribution in [0.1, 0.15) is 36.0 Å². The van der Waals surface area contributed by atoms with Crippen molar-refractivity contribution in [2.24, 2.45) is 0 Å². The van der Waals surface area contributed by atoms with Gasteiger partial charge in [-0.1, -0.05) is 12.8 Å². The molecule has 1 aromatic carbocycles. The Morgan fingerprint density at radius 3 is 2.74 bits per heavy atom. The van der Waals surface area contributed by atoms with Gasteiger partial charge in [0.1, 0.15) is 11.6 Å². The number of halogens is 1. The lowest BCUT2D eigenvalue weighted by Gasteiger charge is -2.35. The van der Waals surface area contributed by atoms with E-state index in [2.05, 4.69) is 0 Å². The van der Waals surface area contributed by atoms with E-state index in [9.17, 15) is 19.4 Å². The minimum atomic E-state index is -0.571. The number of carbonyl (C=O) groups is 1. The molecule has 0 spiro atoms. The monoisotopic (exact) mass is 267 g/mol. The standard InChI is InChI=1S/C14H18FNO3/c1-16(11-4-2-3-5-13(11)18)14(19)10-8-9(15)6-7-12(10)17/h6-8,11,13,17-18H,2-5H2,1H3. The average Bonchev–Trinajstić information content (AvgIpc) is 2.40. The van der Waals surface area contributed by atoms with Crippen LogP contribution in [0.4, 0.5) is 4.39 Å². The van der Waals surface area contributed by atoms with Gasteiger partial charge in [0, 0.05) is 7.05 Å². The molecule has 1 aliphatic rings. The van der Waals surface area contributed by atoms with Gasteiger partial charge < -0.3 is 15.1 Å². The largest absolute Gasteiger partial charge is 0.507 e. The van der Waals surface area contributed by atoms with Crippen molar-refractivity contribution in [1.29, 1.82) is 0 Å². The van der Waals surface area contributed by atoms with E-state index in [0.717, 1.165) is 37.5 Å². The Hall–Kier alpha value is -1.62. The number of phenols is 1. The molecule has 2 unspecified atom stereocenters. The Morgan fingerprint density at radius 2 is 2.05 bits per heavy atom. The number of hydrogen-bond acceptors (Lipinski definition) is 3. The van der Waals surface area contributed by atoms with Crippen molar-refractivity contribution in [1.82, 2.24) is 4.90 Å². The van der Waals surface area contributed by atoms with Gasteiger partial charge in [-0.25, -0.2) is 4.39 Å². The van der Waals surface area contributed by atoms with Crippen LogP contribution in [0.5, 0.6) is 5.75 Å². The zero-order chi connectivity index (χ0) is 14.0. The van der Waals surface area contributed by atoms with E-state index in [1.54, 1.807) is 7.05 Å². The van der Waals surface area contributed by atoms with Crippen LogP contribution in [0.2, 0.25) is 0 Å². The van der Waals surface area contributed by atoms with Crippen LogP contribution in [0.25, 0.3) is 0 Å². The lowest BCUT2D eigenvalue weighted by molar-refractivity contribution is 0.0266. The topological polar surface area (TPSA) is 60.8 Å². The number of likely N-dealkylation sites (N-methyl/N-ethyl adjacent to an activating group) is 1. The van der Waals surface area contributed by atoms with Crippen LogP contribution in [-0.4, -0.2) is 40.2 Å². The fourth-order valence-electron chi connectivity index (χ4n) is 2.56. The third kappa shape index (κ3) is 2.87. The number of aliphatic hydroxyl groups excluding tert-OH is 1. The molecular formula is C14H18FNO3. The van der Waals surface area contributed by atoms with Gasteiger partial charge in [-0.15, -0.1) is 0 Å². The molecule has 2 N–H and O–H groups in total. The first-order valence-electron chi connectivity index (χ1n) is 6.44. The molecule has 0 bridgehead atoms. The number of phenolic OH excluding ortho intramolecular Hbond substituents is 1. The molecule has 19 heavy (non-hydrogen) atoms.